The minimum Gasteiger partial charge on any atom is -0.322 e. The molecule has 1 aliphatic heterocycles. The van der Waals surface area contributed by atoms with Gasteiger partial charge in [-0.1, -0.05) is 29.8 Å². The Hall–Kier alpha value is -2.92. The maximum absolute atomic E-state index is 13.2. The highest BCUT2D eigenvalue weighted by atomic mass is 35.5. The molecule has 3 fully saturated rings. The Labute approximate surface area is 185 Å². The van der Waals surface area contributed by atoms with Gasteiger partial charge in [0.05, 0.1) is 17.5 Å². The minimum absolute atomic E-state index is 0.0912. The van der Waals surface area contributed by atoms with Gasteiger partial charge in [-0.05, 0) is 79.0 Å². The molecule has 31 heavy (non-hydrogen) atoms. The summed E-state index contributed by atoms with van der Waals surface area (Å²) in [5, 5.41) is 3.41. The van der Waals surface area contributed by atoms with Crippen molar-refractivity contribution in [1.82, 2.24) is 0 Å². The van der Waals surface area contributed by atoms with E-state index in [1.165, 1.54) is 4.90 Å². The Morgan fingerprint density at radius 3 is 2.19 bits per heavy atom. The summed E-state index contributed by atoms with van der Waals surface area (Å²) >= 11 is 6.03. The van der Waals surface area contributed by atoms with Crippen molar-refractivity contribution in [2.24, 2.45) is 35.5 Å². The Morgan fingerprint density at radius 1 is 0.968 bits per heavy atom. The lowest BCUT2D eigenvalue weighted by molar-refractivity contribution is -0.124. The minimum atomic E-state index is -0.271. The number of imide groups is 1. The van der Waals surface area contributed by atoms with Gasteiger partial charge in [0.25, 0.3) is 5.91 Å². The van der Waals surface area contributed by atoms with Crippen LogP contribution in [0.25, 0.3) is 0 Å². The van der Waals surface area contributed by atoms with Crippen molar-refractivity contribution in [3.05, 3.63) is 70.8 Å². The molecule has 2 aromatic carbocycles. The second kappa shape index (κ2) is 6.54. The number of hydrogen-bond donors (Lipinski definition) is 1. The Morgan fingerprint density at radius 2 is 1.58 bits per heavy atom. The highest BCUT2D eigenvalue weighted by molar-refractivity contribution is 6.31. The van der Waals surface area contributed by atoms with Crippen molar-refractivity contribution in [2.75, 3.05) is 10.2 Å². The number of nitrogens with zero attached hydrogens (tertiary/aromatic N) is 1. The second-order valence-electron chi connectivity index (χ2n) is 9.13. The van der Waals surface area contributed by atoms with Crippen molar-refractivity contribution in [3.8, 4) is 0 Å². The van der Waals surface area contributed by atoms with Crippen molar-refractivity contribution in [3.63, 3.8) is 0 Å². The number of carbonyl (C=O) groups is 3. The summed E-state index contributed by atoms with van der Waals surface area (Å²) in [7, 11) is 0. The largest absolute Gasteiger partial charge is 0.322 e. The van der Waals surface area contributed by atoms with Crippen molar-refractivity contribution >= 4 is 40.7 Å². The van der Waals surface area contributed by atoms with Crippen LogP contribution in [-0.4, -0.2) is 17.7 Å². The quantitative estimate of drug-likeness (QED) is 0.575. The number of hydrogen-bond acceptors (Lipinski definition) is 3. The number of anilines is 2. The molecular formula is C25H21ClN2O3. The van der Waals surface area contributed by atoms with Gasteiger partial charge in [-0.15, -0.1) is 0 Å². The van der Waals surface area contributed by atoms with E-state index in [1.54, 1.807) is 36.4 Å². The number of carbonyl (C=O) groups excluding carboxylic acids is 3. The zero-order valence-corrected chi connectivity index (χ0v) is 17.7. The fraction of sp³-hybridized carbons (Fsp3) is 0.320. The summed E-state index contributed by atoms with van der Waals surface area (Å²) in [6.45, 7) is 1.89. The Balaban J connectivity index is 1.23. The average Bonchev–Trinajstić information content (AvgIpc) is 3.54. The van der Waals surface area contributed by atoms with Gasteiger partial charge >= 0.3 is 0 Å². The second-order valence-corrected chi connectivity index (χ2v) is 9.56. The van der Waals surface area contributed by atoms with E-state index in [9.17, 15) is 14.4 Å². The predicted molar refractivity (Wildman–Crippen MR) is 118 cm³/mol. The van der Waals surface area contributed by atoms with Gasteiger partial charge in [0.1, 0.15) is 0 Å². The summed E-state index contributed by atoms with van der Waals surface area (Å²) < 4.78 is 0. The van der Waals surface area contributed by atoms with E-state index in [0.29, 0.717) is 33.8 Å². The molecule has 2 bridgehead atoms. The van der Waals surface area contributed by atoms with E-state index in [0.717, 1.165) is 12.0 Å². The van der Waals surface area contributed by atoms with E-state index in [4.69, 9.17) is 11.6 Å². The third kappa shape index (κ3) is 2.72. The van der Waals surface area contributed by atoms with Crippen LogP contribution in [0.1, 0.15) is 22.3 Å². The van der Waals surface area contributed by atoms with Gasteiger partial charge in [0.15, 0.2) is 0 Å². The van der Waals surface area contributed by atoms with E-state index < -0.39 is 0 Å². The predicted octanol–water partition coefficient (Wildman–Crippen LogP) is 4.46. The lowest BCUT2D eigenvalue weighted by atomic mass is 9.63. The van der Waals surface area contributed by atoms with Crippen molar-refractivity contribution < 1.29 is 14.4 Å². The number of benzene rings is 2. The fourth-order valence-corrected chi connectivity index (χ4v) is 6.07. The van der Waals surface area contributed by atoms with Gasteiger partial charge in [-0.25, -0.2) is 0 Å². The van der Waals surface area contributed by atoms with Crippen molar-refractivity contribution in [2.45, 2.75) is 13.3 Å². The third-order valence-corrected chi connectivity index (χ3v) is 7.73. The zero-order chi connectivity index (χ0) is 21.4. The molecule has 156 valence electrons. The van der Waals surface area contributed by atoms with Gasteiger partial charge in [-0.3, -0.25) is 19.3 Å². The molecule has 6 atom stereocenters. The molecule has 4 aliphatic carbocycles. The molecule has 7 rings (SSSR count). The molecule has 1 N–H and O–H groups in total. The van der Waals surface area contributed by atoms with Gasteiger partial charge in [-0.2, -0.15) is 0 Å². The summed E-state index contributed by atoms with van der Waals surface area (Å²) in [6.07, 6.45) is 5.48. The van der Waals surface area contributed by atoms with Crippen molar-refractivity contribution in [1.29, 1.82) is 0 Å². The molecule has 1 heterocycles. The molecule has 0 unspecified atom stereocenters. The maximum Gasteiger partial charge on any atom is 0.255 e. The standard InChI is InChI=1S/C25H21ClN2O3/c1-12-2-5-14(26)10-20(12)27-23(29)13-3-6-15(7-4-13)28-24(30)21-16-8-9-17(19-11-18(16)19)22(21)25(28)31/h2-10,16-19,21-22H,11H2,1H3,(H,27,29)/t16-,17-,18-,19+,21-,22+/m0/s1. The summed E-state index contributed by atoms with van der Waals surface area (Å²) in [5.74, 6) is 0.660. The Bertz CT molecular complexity index is 1140. The van der Waals surface area contributed by atoms with E-state index in [2.05, 4.69) is 17.5 Å². The highest BCUT2D eigenvalue weighted by Gasteiger charge is 2.67. The van der Waals surface area contributed by atoms with E-state index in [1.807, 2.05) is 13.0 Å². The van der Waals surface area contributed by atoms with Crippen LogP contribution >= 0.6 is 11.6 Å². The van der Waals surface area contributed by atoms with Crippen LogP contribution in [0, 0.1) is 42.4 Å². The molecule has 2 saturated carbocycles. The van der Waals surface area contributed by atoms with Crippen LogP contribution in [0.15, 0.2) is 54.6 Å². The summed E-state index contributed by atoms with van der Waals surface area (Å²) in [4.78, 5) is 40.4. The molecule has 0 aromatic heterocycles. The number of allylic oxidation sites excluding steroid dienone is 2. The summed E-state index contributed by atoms with van der Waals surface area (Å²) in [5.41, 5.74) is 2.54. The first-order valence-electron chi connectivity index (χ1n) is 10.7. The Kier molecular flexibility index (Phi) is 3.97. The molecule has 1 saturated heterocycles. The van der Waals surface area contributed by atoms with Gasteiger partial charge in [0, 0.05) is 16.3 Å². The number of aryl methyl sites for hydroxylation is 1. The monoisotopic (exact) mass is 432 g/mol. The number of amides is 3. The molecular weight excluding hydrogens is 412 g/mol. The number of rotatable bonds is 3. The first kappa shape index (κ1) is 18.8. The zero-order valence-electron chi connectivity index (χ0n) is 16.9. The average molecular weight is 433 g/mol. The molecule has 5 aliphatic rings. The van der Waals surface area contributed by atoms with Gasteiger partial charge < -0.3 is 5.32 Å². The molecule has 5 nitrogen and oxygen atoms in total. The normalized spacial score (nSPS) is 32.1. The maximum atomic E-state index is 13.2. The number of nitrogens with one attached hydrogen (secondary N) is 1. The van der Waals surface area contributed by atoms with Crippen LogP contribution in [0.2, 0.25) is 5.02 Å². The highest BCUT2D eigenvalue weighted by Crippen LogP contribution is 2.65. The lowest BCUT2D eigenvalue weighted by Crippen LogP contribution is -2.40. The molecule has 0 radical (unpaired) electrons. The SMILES string of the molecule is Cc1ccc(Cl)cc1NC(=O)c1ccc(N2C(=O)[C@@H]3[C@H]4C=C[C@@H]([C@@H]5C[C@H]45)[C@@H]3C2=O)cc1. The summed E-state index contributed by atoms with van der Waals surface area (Å²) in [6, 6.07) is 12.0. The molecule has 6 heteroatoms. The fourth-order valence-electron chi connectivity index (χ4n) is 5.90. The first-order chi connectivity index (χ1) is 14.9. The molecule has 2 aromatic rings. The smallest absolute Gasteiger partial charge is 0.255 e. The first-order valence-corrected chi connectivity index (χ1v) is 11.1. The lowest BCUT2D eigenvalue weighted by Gasteiger charge is -2.37. The third-order valence-electron chi connectivity index (χ3n) is 7.50. The van der Waals surface area contributed by atoms with E-state index >= 15 is 0 Å². The topological polar surface area (TPSA) is 66.5 Å². The van der Waals surface area contributed by atoms with E-state index in [-0.39, 0.29) is 41.4 Å². The molecule has 0 spiro atoms. The van der Waals surface area contributed by atoms with Crippen LogP contribution in [0.5, 0.6) is 0 Å². The van der Waals surface area contributed by atoms with Crippen LogP contribution < -0.4 is 10.2 Å². The number of halogens is 1. The van der Waals surface area contributed by atoms with Gasteiger partial charge in [0.2, 0.25) is 11.8 Å². The van der Waals surface area contributed by atoms with Crippen LogP contribution in [0.3, 0.4) is 0 Å². The van der Waals surface area contributed by atoms with Crippen LogP contribution in [0.4, 0.5) is 11.4 Å². The van der Waals surface area contributed by atoms with Crippen LogP contribution in [-0.2, 0) is 9.59 Å². The molecule has 3 amide bonds.